The number of carbonyl (C=O) groups excluding carboxylic acids is 2. The molecule has 8 heteroatoms. The van der Waals surface area contributed by atoms with Crippen LogP contribution in [0.15, 0.2) is 72.2 Å². The summed E-state index contributed by atoms with van der Waals surface area (Å²) in [6.45, 7) is 6.11. The fourth-order valence-electron chi connectivity index (χ4n) is 5.30. The van der Waals surface area contributed by atoms with E-state index in [1.54, 1.807) is 11.3 Å². The molecular weight excluding hydrogens is 470 g/mol. The number of rotatable bonds is 5. The predicted octanol–water partition coefficient (Wildman–Crippen LogP) is 4.30. The standard InChI is InChI=1S/C28H33N5O2S/c1-22(23-8-4-2-5-9-23)30-25(34)28(24-10-6-3-7-11-24)12-15-32(16-13-28)27(35)33-19-17-31(18-20-33)26-29-14-21-36-26/h2-11,14,21-22H,12-13,15-20H2,1H3,(H,30,34)/t22-/m0/s1. The first kappa shape index (κ1) is 24.3. The van der Waals surface area contributed by atoms with Crippen molar-refractivity contribution in [2.75, 3.05) is 44.2 Å². The maximum Gasteiger partial charge on any atom is 0.320 e. The molecule has 0 radical (unpaired) electrons. The molecule has 1 N–H and O–H groups in total. The lowest BCUT2D eigenvalue weighted by Gasteiger charge is -2.44. The number of thiazole rings is 1. The molecule has 0 spiro atoms. The molecule has 3 heterocycles. The van der Waals surface area contributed by atoms with E-state index >= 15 is 0 Å². The van der Waals surface area contributed by atoms with Gasteiger partial charge in [-0.05, 0) is 30.9 Å². The van der Waals surface area contributed by atoms with Gasteiger partial charge in [-0.15, -0.1) is 11.3 Å². The molecule has 0 bridgehead atoms. The Bertz CT molecular complexity index is 1140. The van der Waals surface area contributed by atoms with Crippen molar-refractivity contribution >= 4 is 28.4 Å². The van der Waals surface area contributed by atoms with Crippen LogP contribution >= 0.6 is 11.3 Å². The highest BCUT2D eigenvalue weighted by atomic mass is 32.1. The fourth-order valence-corrected chi connectivity index (χ4v) is 6.00. The number of nitrogens with zero attached hydrogens (tertiary/aromatic N) is 4. The van der Waals surface area contributed by atoms with Crippen LogP contribution in [-0.4, -0.2) is 66.0 Å². The lowest BCUT2D eigenvalue weighted by atomic mass is 9.71. The molecule has 3 aromatic rings. The monoisotopic (exact) mass is 503 g/mol. The molecule has 36 heavy (non-hydrogen) atoms. The molecule has 2 aliphatic heterocycles. The van der Waals surface area contributed by atoms with Crippen LogP contribution in [0.3, 0.4) is 0 Å². The minimum atomic E-state index is -0.648. The van der Waals surface area contributed by atoms with Crippen molar-refractivity contribution in [2.24, 2.45) is 0 Å². The Balaban J connectivity index is 1.25. The fraction of sp³-hybridized carbons (Fsp3) is 0.393. The van der Waals surface area contributed by atoms with E-state index in [0.29, 0.717) is 39.0 Å². The van der Waals surface area contributed by atoms with Crippen LogP contribution < -0.4 is 10.2 Å². The largest absolute Gasteiger partial charge is 0.349 e. The van der Waals surface area contributed by atoms with Gasteiger partial charge in [0.05, 0.1) is 11.5 Å². The lowest BCUT2D eigenvalue weighted by Crippen LogP contribution is -2.57. The molecule has 3 amide bonds. The molecule has 0 unspecified atom stereocenters. The number of nitrogens with one attached hydrogen (secondary N) is 1. The van der Waals surface area contributed by atoms with Gasteiger partial charge in [-0.3, -0.25) is 4.79 Å². The smallest absolute Gasteiger partial charge is 0.320 e. The summed E-state index contributed by atoms with van der Waals surface area (Å²) in [5, 5.41) is 6.27. The van der Waals surface area contributed by atoms with Crippen LogP contribution in [-0.2, 0) is 10.2 Å². The second-order valence-corrected chi connectivity index (χ2v) is 10.5. The molecular formula is C28H33N5O2S. The normalized spacial score (nSPS) is 18.5. The molecule has 2 aliphatic rings. The summed E-state index contributed by atoms with van der Waals surface area (Å²) in [6.07, 6.45) is 3.03. The van der Waals surface area contributed by atoms with Crippen molar-refractivity contribution in [3.05, 3.63) is 83.4 Å². The second kappa shape index (κ2) is 10.7. The Morgan fingerprint density at radius 3 is 2.11 bits per heavy atom. The van der Waals surface area contributed by atoms with Crippen molar-refractivity contribution in [1.29, 1.82) is 0 Å². The number of carbonyl (C=O) groups is 2. The second-order valence-electron chi connectivity index (χ2n) is 9.61. The number of piperazine rings is 1. The number of aromatic nitrogens is 1. The van der Waals surface area contributed by atoms with Crippen molar-refractivity contribution in [1.82, 2.24) is 20.1 Å². The van der Waals surface area contributed by atoms with E-state index in [1.807, 2.05) is 89.0 Å². The summed E-state index contributed by atoms with van der Waals surface area (Å²) >= 11 is 1.63. The Labute approximate surface area is 216 Å². The van der Waals surface area contributed by atoms with Gasteiger partial charge in [0.1, 0.15) is 0 Å². The van der Waals surface area contributed by atoms with Gasteiger partial charge in [0, 0.05) is 50.8 Å². The molecule has 0 aliphatic carbocycles. The average molecular weight is 504 g/mol. The molecule has 2 fully saturated rings. The van der Waals surface area contributed by atoms with Gasteiger partial charge in [0.2, 0.25) is 5.91 Å². The van der Waals surface area contributed by atoms with E-state index in [2.05, 4.69) is 15.2 Å². The minimum Gasteiger partial charge on any atom is -0.349 e. The van der Waals surface area contributed by atoms with Gasteiger partial charge in [-0.1, -0.05) is 60.7 Å². The number of anilines is 1. The van der Waals surface area contributed by atoms with Crippen LogP contribution in [0.5, 0.6) is 0 Å². The maximum absolute atomic E-state index is 13.8. The Morgan fingerprint density at radius 2 is 1.50 bits per heavy atom. The highest BCUT2D eigenvalue weighted by molar-refractivity contribution is 7.13. The molecule has 2 saturated heterocycles. The Hall–Kier alpha value is -3.39. The highest BCUT2D eigenvalue weighted by Crippen LogP contribution is 2.37. The molecule has 1 atom stereocenters. The van der Waals surface area contributed by atoms with E-state index in [0.717, 1.165) is 29.3 Å². The Morgan fingerprint density at radius 1 is 0.889 bits per heavy atom. The van der Waals surface area contributed by atoms with Crippen LogP contribution in [0.4, 0.5) is 9.93 Å². The number of amides is 3. The van der Waals surface area contributed by atoms with Gasteiger partial charge in [0.15, 0.2) is 5.13 Å². The zero-order valence-corrected chi connectivity index (χ0v) is 21.5. The third-order valence-corrected chi connectivity index (χ3v) is 8.37. The van der Waals surface area contributed by atoms with Gasteiger partial charge in [0.25, 0.3) is 0 Å². The lowest BCUT2D eigenvalue weighted by molar-refractivity contribution is -0.129. The maximum atomic E-state index is 13.8. The third-order valence-electron chi connectivity index (χ3n) is 7.54. The predicted molar refractivity (Wildman–Crippen MR) is 143 cm³/mol. The van der Waals surface area contributed by atoms with Gasteiger partial charge >= 0.3 is 6.03 Å². The van der Waals surface area contributed by atoms with Crippen molar-refractivity contribution in [2.45, 2.75) is 31.2 Å². The summed E-state index contributed by atoms with van der Waals surface area (Å²) in [5.74, 6) is 0.0363. The van der Waals surface area contributed by atoms with Crippen LogP contribution in [0, 0.1) is 0 Å². The SMILES string of the molecule is C[C@H](NC(=O)C1(c2ccccc2)CCN(C(=O)N2CCN(c3nccs3)CC2)CC1)c1ccccc1. The molecule has 1 aromatic heterocycles. The van der Waals surface area contributed by atoms with Crippen molar-refractivity contribution in [3.8, 4) is 0 Å². The molecule has 7 nitrogen and oxygen atoms in total. The highest BCUT2D eigenvalue weighted by Gasteiger charge is 2.44. The van der Waals surface area contributed by atoms with Crippen LogP contribution in [0.1, 0.15) is 36.9 Å². The molecule has 188 valence electrons. The van der Waals surface area contributed by atoms with Gasteiger partial charge < -0.3 is 20.0 Å². The summed E-state index contributed by atoms with van der Waals surface area (Å²) in [4.78, 5) is 37.6. The summed E-state index contributed by atoms with van der Waals surface area (Å²) < 4.78 is 0. The van der Waals surface area contributed by atoms with E-state index in [-0.39, 0.29) is 18.0 Å². The zero-order chi connectivity index (χ0) is 25.0. The Kier molecular flexibility index (Phi) is 7.23. The number of benzene rings is 2. The first-order valence-corrected chi connectivity index (χ1v) is 13.5. The van der Waals surface area contributed by atoms with Crippen molar-refractivity contribution in [3.63, 3.8) is 0 Å². The number of hydrogen-bond donors (Lipinski definition) is 1. The number of piperidine rings is 1. The third kappa shape index (κ3) is 4.95. The van der Waals surface area contributed by atoms with E-state index in [4.69, 9.17) is 0 Å². The zero-order valence-electron chi connectivity index (χ0n) is 20.7. The molecule has 0 saturated carbocycles. The summed E-state index contributed by atoms with van der Waals surface area (Å²) in [6, 6.07) is 20.1. The van der Waals surface area contributed by atoms with Gasteiger partial charge in [-0.2, -0.15) is 0 Å². The molecule has 5 rings (SSSR count). The van der Waals surface area contributed by atoms with E-state index < -0.39 is 5.41 Å². The first-order chi connectivity index (χ1) is 17.6. The quantitative estimate of drug-likeness (QED) is 0.564. The van der Waals surface area contributed by atoms with Crippen LogP contribution in [0.2, 0.25) is 0 Å². The van der Waals surface area contributed by atoms with Crippen molar-refractivity contribution < 1.29 is 9.59 Å². The summed E-state index contributed by atoms with van der Waals surface area (Å²) in [7, 11) is 0. The topological polar surface area (TPSA) is 68.8 Å². The number of hydrogen-bond acceptors (Lipinski definition) is 5. The van der Waals surface area contributed by atoms with Gasteiger partial charge in [-0.25, -0.2) is 9.78 Å². The first-order valence-electron chi connectivity index (χ1n) is 12.7. The van der Waals surface area contributed by atoms with E-state index in [9.17, 15) is 9.59 Å². The van der Waals surface area contributed by atoms with E-state index in [1.165, 1.54) is 0 Å². The average Bonchev–Trinajstić information content (AvgIpc) is 3.49. The van der Waals surface area contributed by atoms with Crippen LogP contribution in [0.25, 0.3) is 0 Å². The number of urea groups is 1. The molecule has 2 aromatic carbocycles. The number of likely N-dealkylation sites (tertiary alicyclic amines) is 1. The summed E-state index contributed by atoms with van der Waals surface area (Å²) in [5.41, 5.74) is 1.45. The minimum absolute atomic E-state index is 0.0363.